The van der Waals surface area contributed by atoms with Crippen LogP contribution >= 0.6 is 23.2 Å². The molecule has 24 heteroatoms. The number of hydrogen-bond donors (Lipinski definition) is 0. The molecule has 0 unspecified atom stereocenters. The Morgan fingerprint density at radius 2 is 0.952 bits per heavy atom. The molecule has 6 aromatic rings. The number of oxime groups is 2. The minimum Gasteiger partial charge on any atom is -0.406 e. The summed E-state index contributed by atoms with van der Waals surface area (Å²) >= 11 is 12.2. The van der Waals surface area contributed by atoms with Gasteiger partial charge in [-0.25, -0.2) is 26.4 Å². The molecule has 0 N–H and O–H groups in total. The fourth-order valence-corrected chi connectivity index (χ4v) is 13.5. The third kappa shape index (κ3) is 16.1. The molecule has 0 radical (unpaired) electrons. The maximum Gasteiger partial charge on any atom is 0.573 e. The number of nitrogens with zero attached hydrogens (tertiary/aromatic N) is 6. The Hall–Kier alpha value is -7.21. The first-order chi connectivity index (χ1) is 39.8. The second kappa shape index (κ2) is 26.6. The van der Waals surface area contributed by atoms with Crippen molar-refractivity contribution >= 4 is 67.2 Å². The molecule has 0 saturated carbocycles. The SMILES string of the molecule is O=C(OC1=NOC2(CCN(S(=O)(=O)c3cc(Cl)ccc3Cl)CC2)C1)N(CCc1ccccc1)Cc1ccccc1.O=C(OC1=NOC2(CCN(S(=O)(=O)c3ccc(OC(F)(F)F)cc3)CC2)C1)N(CCc1ccccc1)Cc1ccccc1. The summed E-state index contributed by atoms with van der Waals surface area (Å²) in [6.07, 6.45) is -2.80. The number of hydrogen-bond acceptors (Lipinski definition) is 13. The quantitative estimate of drug-likeness (QED) is 0.0952. The van der Waals surface area contributed by atoms with Gasteiger partial charge < -0.3 is 33.7 Å². The van der Waals surface area contributed by atoms with E-state index in [0.29, 0.717) is 56.9 Å². The number of piperidine rings is 2. The Morgan fingerprint density at radius 3 is 1.36 bits per heavy atom. The van der Waals surface area contributed by atoms with Crippen LogP contribution in [0.2, 0.25) is 10.0 Å². The van der Waals surface area contributed by atoms with Crippen LogP contribution in [-0.2, 0) is 65.1 Å². The summed E-state index contributed by atoms with van der Waals surface area (Å²) in [7, 11) is -7.79. The number of rotatable bonds is 15. The van der Waals surface area contributed by atoms with Crippen LogP contribution in [0, 0.1) is 0 Å². The Labute approximate surface area is 489 Å². The topological polar surface area (TPSA) is 186 Å². The van der Waals surface area contributed by atoms with E-state index < -0.39 is 55.5 Å². The summed E-state index contributed by atoms with van der Waals surface area (Å²) in [6.45, 7) is 2.24. The van der Waals surface area contributed by atoms with Crippen molar-refractivity contribution < 1.29 is 63.5 Å². The molecule has 0 aromatic heterocycles. The third-order valence-electron chi connectivity index (χ3n) is 14.5. The number of carbonyl (C=O) groups is 2. The van der Waals surface area contributed by atoms with E-state index in [1.807, 2.05) is 121 Å². The van der Waals surface area contributed by atoms with Crippen LogP contribution in [-0.4, -0.2) is 116 Å². The van der Waals surface area contributed by atoms with Gasteiger partial charge in [-0.2, -0.15) is 8.61 Å². The smallest absolute Gasteiger partial charge is 0.406 e. The van der Waals surface area contributed by atoms with Crippen molar-refractivity contribution in [1.82, 2.24) is 18.4 Å². The molecule has 0 aliphatic carbocycles. The van der Waals surface area contributed by atoms with Crippen LogP contribution in [0.3, 0.4) is 0 Å². The summed E-state index contributed by atoms with van der Waals surface area (Å²) < 4.78 is 108. The molecule has 4 aliphatic heterocycles. The summed E-state index contributed by atoms with van der Waals surface area (Å²) in [5.41, 5.74) is 2.59. The van der Waals surface area contributed by atoms with E-state index in [-0.39, 0.29) is 78.5 Å². The van der Waals surface area contributed by atoms with Crippen LogP contribution in [0.4, 0.5) is 22.8 Å². The third-order valence-corrected chi connectivity index (χ3v) is 19.0. The fourth-order valence-electron chi connectivity index (χ4n) is 9.89. The minimum atomic E-state index is -4.87. The van der Waals surface area contributed by atoms with E-state index in [1.165, 1.54) is 20.7 Å². The number of alkyl halides is 3. The van der Waals surface area contributed by atoms with Crippen molar-refractivity contribution in [1.29, 1.82) is 0 Å². The number of carbonyl (C=O) groups excluding carboxylic acids is 2. The van der Waals surface area contributed by atoms with Crippen molar-refractivity contribution in [2.24, 2.45) is 10.3 Å². The van der Waals surface area contributed by atoms with Crippen LogP contribution in [0.5, 0.6) is 5.75 Å². The largest absolute Gasteiger partial charge is 0.573 e. The van der Waals surface area contributed by atoms with Gasteiger partial charge in [0.1, 0.15) is 21.8 Å². The molecule has 2 spiro atoms. The summed E-state index contributed by atoms with van der Waals surface area (Å²) in [5, 5.41) is 8.50. The van der Waals surface area contributed by atoms with Crippen molar-refractivity contribution in [3.8, 4) is 5.75 Å². The lowest BCUT2D eigenvalue weighted by Gasteiger charge is -2.36. The zero-order chi connectivity index (χ0) is 58.7. The number of benzene rings is 6. The van der Waals surface area contributed by atoms with Crippen molar-refractivity contribution in [2.45, 2.75) is 91.8 Å². The average Bonchev–Trinajstić information content (AvgIpc) is 4.31. The molecule has 2 fully saturated rings. The van der Waals surface area contributed by atoms with E-state index in [0.717, 1.165) is 46.5 Å². The molecular formula is C59H59Cl2F3N6O11S2. The lowest BCUT2D eigenvalue weighted by atomic mass is 9.89. The van der Waals surface area contributed by atoms with Gasteiger partial charge in [-0.1, -0.05) is 155 Å². The second-order valence-electron chi connectivity index (χ2n) is 20.3. The highest BCUT2D eigenvalue weighted by molar-refractivity contribution is 7.89. The number of ether oxygens (including phenoxy) is 3. The molecule has 17 nitrogen and oxygen atoms in total. The monoisotopic (exact) mass is 1220 g/mol. The molecule has 4 heterocycles. The van der Waals surface area contributed by atoms with Gasteiger partial charge in [0.15, 0.2) is 0 Å². The van der Waals surface area contributed by atoms with E-state index >= 15 is 0 Å². The molecule has 6 aromatic carbocycles. The van der Waals surface area contributed by atoms with Gasteiger partial charge in [0.25, 0.3) is 0 Å². The first kappa shape index (κ1) is 60.4. The van der Waals surface area contributed by atoms with Gasteiger partial charge in [0, 0.05) is 83.1 Å². The Morgan fingerprint density at radius 1 is 0.554 bits per heavy atom. The molecule has 2 amide bonds. The predicted octanol–water partition coefficient (Wildman–Crippen LogP) is 11.9. The summed E-state index contributed by atoms with van der Waals surface area (Å²) in [5.74, 6) is -0.193. The average molecular weight is 1220 g/mol. The van der Waals surface area contributed by atoms with Gasteiger partial charge in [-0.05, 0) is 77.6 Å². The molecule has 0 atom stereocenters. The van der Waals surface area contributed by atoms with E-state index in [1.54, 1.807) is 15.9 Å². The molecule has 2 saturated heterocycles. The first-order valence-corrected chi connectivity index (χ1v) is 30.3. The highest BCUT2D eigenvalue weighted by Crippen LogP contribution is 2.39. The van der Waals surface area contributed by atoms with Crippen LogP contribution in [0.15, 0.2) is 184 Å². The maximum atomic E-state index is 13.3. The highest BCUT2D eigenvalue weighted by atomic mass is 35.5. The van der Waals surface area contributed by atoms with Gasteiger partial charge in [0.2, 0.25) is 31.8 Å². The second-order valence-corrected chi connectivity index (χ2v) is 25.0. The number of halogens is 5. The van der Waals surface area contributed by atoms with Crippen LogP contribution in [0.1, 0.15) is 60.8 Å². The van der Waals surface area contributed by atoms with Crippen LogP contribution < -0.4 is 4.74 Å². The molecule has 438 valence electrons. The first-order valence-electron chi connectivity index (χ1n) is 26.7. The molecular weight excluding hydrogens is 1160 g/mol. The van der Waals surface area contributed by atoms with Gasteiger partial charge in [-0.3, -0.25) is 0 Å². The summed E-state index contributed by atoms with van der Waals surface area (Å²) in [4.78, 5) is 41.0. The minimum absolute atomic E-state index is 0.0233. The standard InChI is InChI=1S/C30H30F3N3O6S.C29H29Cl2N3O5S/c31-30(32,33)41-25-11-13-26(14-12-25)43(38,39)36-19-16-29(17-20-36)21-27(34-42-29)40-28(37)35(22-24-9-5-2-6-10-24)18-15-23-7-3-1-4-8-23;30-24-11-12-25(31)26(19-24)40(36,37)34-17-14-29(15-18-34)20-27(32-39-29)38-28(35)33(21-23-9-5-2-6-10-23)16-13-22-7-3-1-4-8-22/h1-14H,15-22H2;1-12,19H,13-18,20-21H2. The Kier molecular flexibility index (Phi) is 19.3. The van der Waals surface area contributed by atoms with Gasteiger partial charge >= 0.3 is 18.5 Å². The Balaban J connectivity index is 0.000000200. The lowest BCUT2D eigenvalue weighted by molar-refractivity contribution is -0.274. The van der Waals surface area contributed by atoms with Crippen molar-refractivity contribution in [2.75, 3.05) is 39.3 Å². The molecule has 4 aliphatic rings. The zero-order valence-corrected chi connectivity index (χ0v) is 47.9. The van der Waals surface area contributed by atoms with Crippen LogP contribution in [0.25, 0.3) is 0 Å². The summed E-state index contributed by atoms with van der Waals surface area (Å²) in [6, 6.07) is 47.5. The van der Waals surface area contributed by atoms with Gasteiger partial charge in [-0.15, -0.1) is 13.2 Å². The zero-order valence-electron chi connectivity index (χ0n) is 44.8. The fraction of sp³-hybridized carbons (Fsp3) is 0.322. The van der Waals surface area contributed by atoms with E-state index in [9.17, 15) is 39.6 Å². The van der Waals surface area contributed by atoms with Crippen molar-refractivity contribution in [3.05, 3.63) is 196 Å². The lowest BCUT2D eigenvalue weighted by Crippen LogP contribution is -2.47. The predicted molar refractivity (Wildman–Crippen MR) is 304 cm³/mol. The van der Waals surface area contributed by atoms with Gasteiger partial charge in [0.05, 0.1) is 22.8 Å². The number of amides is 2. The molecule has 83 heavy (non-hydrogen) atoms. The molecule has 10 rings (SSSR count). The van der Waals surface area contributed by atoms with Crippen molar-refractivity contribution in [3.63, 3.8) is 0 Å². The normalized spacial score (nSPS) is 16.8. The highest BCUT2D eigenvalue weighted by Gasteiger charge is 2.48. The maximum absolute atomic E-state index is 13.3. The number of sulfonamides is 2. The van der Waals surface area contributed by atoms with E-state index in [2.05, 4.69) is 15.0 Å². The Bertz CT molecular complexity index is 3470. The van der Waals surface area contributed by atoms with E-state index in [4.69, 9.17) is 42.4 Å². The molecule has 0 bridgehead atoms.